The normalized spacial score (nSPS) is 28.1. The Balaban J connectivity index is 2.29. The van der Waals surface area contributed by atoms with Gasteiger partial charge in [0.2, 0.25) is 5.91 Å². The van der Waals surface area contributed by atoms with Crippen molar-refractivity contribution in [1.29, 1.82) is 0 Å². The largest absolute Gasteiger partial charge is 0.326 e. The summed E-state index contributed by atoms with van der Waals surface area (Å²) < 4.78 is 0. The number of anilines is 1. The lowest BCUT2D eigenvalue weighted by Gasteiger charge is -2.27. The van der Waals surface area contributed by atoms with Crippen molar-refractivity contribution >= 4 is 11.6 Å². The Morgan fingerprint density at radius 2 is 2.47 bits per heavy atom. The van der Waals surface area contributed by atoms with Crippen LogP contribution >= 0.6 is 0 Å². The molecule has 2 atom stereocenters. The smallest absolute Gasteiger partial charge is 0.221 e. The molecule has 0 bridgehead atoms. The molecule has 2 heterocycles. The van der Waals surface area contributed by atoms with Crippen molar-refractivity contribution in [1.82, 2.24) is 10.3 Å². The lowest BCUT2D eigenvalue weighted by molar-refractivity contribution is -0.114. The number of hydrogen-bond acceptors (Lipinski definition) is 4. The van der Waals surface area contributed by atoms with Crippen LogP contribution in [-0.2, 0) is 10.3 Å². The third-order valence-corrected chi connectivity index (χ3v) is 3.30. The van der Waals surface area contributed by atoms with E-state index in [0.717, 1.165) is 17.9 Å². The van der Waals surface area contributed by atoms with Gasteiger partial charge in [0.25, 0.3) is 0 Å². The van der Waals surface area contributed by atoms with Crippen molar-refractivity contribution in [3.05, 3.63) is 24.0 Å². The van der Waals surface area contributed by atoms with Crippen molar-refractivity contribution in [3.8, 4) is 0 Å². The van der Waals surface area contributed by atoms with Crippen molar-refractivity contribution in [2.45, 2.75) is 19.4 Å². The summed E-state index contributed by atoms with van der Waals surface area (Å²) in [4.78, 5) is 15.3. The minimum Gasteiger partial charge on any atom is -0.326 e. The maximum absolute atomic E-state index is 11.0. The van der Waals surface area contributed by atoms with Gasteiger partial charge in [0.05, 0.1) is 11.2 Å². The molecular weight excluding hydrogens is 216 g/mol. The highest BCUT2D eigenvalue weighted by Crippen LogP contribution is 2.29. The average molecular weight is 234 g/mol. The number of nitrogens with one attached hydrogen (secondary N) is 2. The van der Waals surface area contributed by atoms with Gasteiger partial charge in [-0.1, -0.05) is 6.92 Å². The summed E-state index contributed by atoms with van der Waals surface area (Å²) in [6.07, 6.45) is 1.68. The Bertz CT molecular complexity index is 434. The van der Waals surface area contributed by atoms with Gasteiger partial charge in [-0.05, 0) is 24.6 Å². The monoisotopic (exact) mass is 234 g/mol. The summed E-state index contributed by atoms with van der Waals surface area (Å²) in [5.41, 5.74) is 7.50. The van der Waals surface area contributed by atoms with Gasteiger partial charge < -0.3 is 16.4 Å². The van der Waals surface area contributed by atoms with Crippen LogP contribution in [0.15, 0.2) is 18.3 Å². The van der Waals surface area contributed by atoms with Gasteiger partial charge in [0.1, 0.15) is 0 Å². The maximum atomic E-state index is 11.0. The Labute approximate surface area is 101 Å². The molecule has 0 aliphatic carbocycles. The van der Waals surface area contributed by atoms with Gasteiger partial charge in [-0.2, -0.15) is 0 Å². The molecule has 17 heavy (non-hydrogen) atoms. The minimum absolute atomic E-state index is 0.0918. The molecular formula is C12H18N4O. The molecule has 1 aromatic rings. The highest BCUT2D eigenvalue weighted by molar-refractivity contribution is 5.88. The Morgan fingerprint density at radius 3 is 3.06 bits per heavy atom. The molecule has 1 fully saturated rings. The van der Waals surface area contributed by atoms with E-state index in [9.17, 15) is 4.79 Å². The van der Waals surface area contributed by atoms with Gasteiger partial charge >= 0.3 is 0 Å². The van der Waals surface area contributed by atoms with E-state index in [4.69, 9.17) is 5.73 Å². The molecule has 2 rings (SSSR count). The van der Waals surface area contributed by atoms with Crippen molar-refractivity contribution in [2.24, 2.45) is 11.7 Å². The van der Waals surface area contributed by atoms with Crippen LogP contribution in [0, 0.1) is 5.92 Å². The first-order valence-electron chi connectivity index (χ1n) is 5.76. The van der Waals surface area contributed by atoms with Crippen LogP contribution in [0.5, 0.6) is 0 Å². The van der Waals surface area contributed by atoms with E-state index >= 15 is 0 Å². The van der Waals surface area contributed by atoms with Crippen LogP contribution in [0.25, 0.3) is 0 Å². The minimum atomic E-state index is -0.450. The van der Waals surface area contributed by atoms with Crippen molar-refractivity contribution in [2.75, 3.05) is 18.4 Å². The van der Waals surface area contributed by atoms with Crippen LogP contribution < -0.4 is 16.4 Å². The highest BCUT2D eigenvalue weighted by atomic mass is 16.1. The second-order valence-electron chi connectivity index (χ2n) is 4.68. The highest BCUT2D eigenvalue weighted by Gasteiger charge is 2.39. The van der Waals surface area contributed by atoms with Crippen LogP contribution in [0.4, 0.5) is 5.69 Å². The number of nitrogens with zero attached hydrogens (tertiary/aromatic N) is 1. The predicted octanol–water partition coefficient (Wildman–Crippen LogP) is 0.433. The molecule has 1 aliphatic heterocycles. The molecule has 4 N–H and O–H groups in total. The van der Waals surface area contributed by atoms with Crippen LogP contribution in [0.1, 0.15) is 19.5 Å². The standard InChI is InChI=1S/C12H18N4O/c1-8-6-14-7-12(8,13)11-5-10(3-4-15-11)16-9(2)17/h3-5,8,14H,6-7,13H2,1-2H3,(H,15,16,17). The number of carbonyl (C=O) groups excluding carboxylic acids is 1. The molecule has 0 radical (unpaired) electrons. The number of rotatable bonds is 2. The summed E-state index contributed by atoms with van der Waals surface area (Å²) in [6, 6.07) is 3.62. The molecule has 5 heteroatoms. The van der Waals surface area contributed by atoms with E-state index in [1.165, 1.54) is 6.92 Å². The second-order valence-corrected chi connectivity index (χ2v) is 4.68. The molecule has 0 spiro atoms. The molecule has 92 valence electrons. The van der Waals surface area contributed by atoms with Gasteiger partial charge in [-0.15, -0.1) is 0 Å². The first-order chi connectivity index (χ1) is 8.02. The van der Waals surface area contributed by atoms with E-state index in [2.05, 4.69) is 22.5 Å². The van der Waals surface area contributed by atoms with Crippen LogP contribution in [0.3, 0.4) is 0 Å². The fourth-order valence-electron chi connectivity index (χ4n) is 2.16. The predicted molar refractivity (Wildman–Crippen MR) is 66.4 cm³/mol. The summed E-state index contributed by atoms with van der Waals surface area (Å²) >= 11 is 0. The van der Waals surface area contributed by atoms with Gasteiger partial charge in [-0.25, -0.2) is 0 Å². The molecule has 1 aliphatic rings. The first-order valence-corrected chi connectivity index (χ1v) is 5.76. The summed E-state index contributed by atoms with van der Waals surface area (Å²) in [7, 11) is 0. The number of hydrogen-bond donors (Lipinski definition) is 3. The molecule has 1 amide bonds. The zero-order valence-corrected chi connectivity index (χ0v) is 10.2. The lowest BCUT2D eigenvalue weighted by Crippen LogP contribution is -2.44. The second kappa shape index (κ2) is 4.43. The van der Waals surface area contributed by atoms with Crippen molar-refractivity contribution in [3.63, 3.8) is 0 Å². The van der Waals surface area contributed by atoms with E-state index in [0.29, 0.717) is 12.5 Å². The fourth-order valence-corrected chi connectivity index (χ4v) is 2.16. The fraction of sp³-hybridized carbons (Fsp3) is 0.500. The molecule has 1 saturated heterocycles. The topological polar surface area (TPSA) is 80.0 Å². The third-order valence-electron chi connectivity index (χ3n) is 3.30. The molecule has 0 aromatic carbocycles. The van der Waals surface area contributed by atoms with Gasteiger partial charge in [0.15, 0.2) is 0 Å². The zero-order chi connectivity index (χ0) is 12.5. The Morgan fingerprint density at radius 1 is 1.71 bits per heavy atom. The van der Waals surface area contributed by atoms with E-state index < -0.39 is 5.54 Å². The van der Waals surface area contributed by atoms with Gasteiger partial charge in [-0.3, -0.25) is 9.78 Å². The van der Waals surface area contributed by atoms with E-state index in [1.54, 1.807) is 12.3 Å². The number of amides is 1. The Hall–Kier alpha value is -1.46. The quantitative estimate of drug-likeness (QED) is 0.693. The van der Waals surface area contributed by atoms with E-state index in [-0.39, 0.29) is 5.91 Å². The number of carbonyl (C=O) groups is 1. The summed E-state index contributed by atoms with van der Waals surface area (Å²) in [6.45, 7) is 5.19. The lowest BCUT2D eigenvalue weighted by atomic mass is 9.86. The van der Waals surface area contributed by atoms with Crippen LogP contribution in [-0.4, -0.2) is 24.0 Å². The molecule has 0 saturated carbocycles. The third kappa shape index (κ3) is 2.30. The average Bonchev–Trinajstić information content (AvgIpc) is 2.60. The zero-order valence-electron chi connectivity index (χ0n) is 10.2. The summed E-state index contributed by atoms with van der Waals surface area (Å²) in [5, 5.41) is 6.01. The number of pyridine rings is 1. The van der Waals surface area contributed by atoms with Crippen LogP contribution in [0.2, 0.25) is 0 Å². The SMILES string of the molecule is CC(=O)Nc1ccnc(C2(N)CNCC2C)c1. The van der Waals surface area contributed by atoms with Gasteiger partial charge in [0, 0.05) is 25.4 Å². The molecule has 5 nitrogen and oxygen atoms in total. The first kappa shape index (κ1) is 12.0. The molecule has 1 aromatic heterocycles. The number of aromatic nitrogens is 1. The Kier molecular flexibility index (Phi) is 3.13. The maximum Gasteiger partial charge on any atom is 0.221 e. The van der Waals surface area contributed by atoms with Crippen molar-refractivity contribution < 1.29 is 4.79 Å². The summed E-state index contributed by atoms with van der Waals surface area (Å²) in [5.74, 6) is 0.230. The number of nitrogens with two attached hydrogens (primary N) is 1. The molecule has 2 unspecified atom stereocenters. The van der Waals surface area contributed by atoms with E-state index in [1.807, 2.05) is 6.07 Å².